The van der Waals surface area contributed by atoms with Gasteiger partial charge in [-0.1, -0.05) is 0 Å². The third-order valence-corrected chi connectivity index (χ3v) is 4.44. The second kappa shape index (κ2) is 6.13. The Bertz CT molecular complexity index is 366. The molecule has 0 aliphatic carbocycles. The van der Waals surface area contributed by atoms with E-state index in [0.29, 0.717) is 6.04 Å². The van der Waals surface area contributed by atoms with Gasteiger partial charge < -0.3 is 14.7 Å². The van der Waals surface area contributed by atoms with Crippen molar-refractivity contribution in [3.63, 3.8) is 0 Å². The molecular formula is C16H30N2O3. The Kier molecular flexibility index (Phi) is 4.83. The number of carbonyl (C=O) groups is 1. The zero-order valence-electron chi connectivity index (χ0n) is 13.9. The lowest BCUT2D eigenvalue weighted by atomic mass is 9.91. The highest BCUT2D eigenvalue weighted by atomic mass is 16.6. The van der Waals surface area contributed by atoms with Crippen LogP contribution in [-0.2, 0) is 4.74 Å². The van der Waals surface area contributed by atoms with E-state index in [1.807, 2.05) is 32.6 Å². The van der Waals surface area contributed by atoms with Crippen LogP contribution in [0.25, 0.3) is 0 Å². The normalized spacial score (nSPS) is 27.5. The highest BCUT2D eigenvalue weighted by molar-refractivity contribution is 5.68. The summed E-state index contributed by atoms with van der Waals surface area (Å²) < 4.78 is 5.47. The number of aliphatic hydroxyl groups is 1. The fourth-order valence-corrected chi connectivity index (χ4v) is 3.12. The Morgan fingerprint density at radius 2 is 1.86 bits per heavy atom. The lowest BCUT2D eigenvalue weighted by Gasteiger charge is -2.44. The van der Waals surface area contributed by atoms with Crippen LogP contribution in [0.15, 0.2) is 0 Å². The molecule has 0 saturated carbocycles. The molecule has 2 rings (SSSR count). The molecule has 0 spiro atoms. The minimum atomic E-state index is -0.518. The highest BCUT2D eigenvalue weighted by Crippen LogP contribution is 2.26. The molecule has 21 heavy (non-hydrogen) atoms. The highest BCUT2D eigenvalue weighted by Gasteiger charge is 2.34. The molecular weight excluding hydrogens is 268 g/mol. The van der Waals surface area contributed by atoms with Crippen LogP contribution < -0.4 is 0 Å². The Morgan fingerprint density at radius 3 is 2.43 bits per heavy atom. The van der Waals surface area contributed by atoms with Gasteiger partial charge in [0.15, 0.2) is 0 Å². The first-order valence-corrected chi connectivity index (χ1v) is 8.11. The van der Waals surface area contributed by atoms with E-state index in [4.69, 9.17) is 4.74 Å². The standard InChI is InChI=1S/C16H30N2O3/c1-15(2,3)21-14(19)18-9-5-6-13(12-18)17-10-7-16(4,20)8-11-17/h13,20H,5-12H2,1-4H3. The van der Waals surface area contributed by atoms with Crippen molar-refractivity contribution in [2.24, 2.45) is 0 Å². The molecule has 122 valence electrons. The average Bonchev–Trinajstić information content (AvgIpc) is 2.37. The quantitative estimate of drug-likeness (QED) is 0.806. The van der Waals surface area contributed by atoms with Crippen molar-refractivity contribution in [3.8, 4) is 0 Å². The number of piperidine rings is 2. The van der Waals surface area contributed by atoms with E-state index in [1.165, 1.54) is 0 Å². The maximum absolute atomic E-state index is 12.2. The second-order valence-electron chi connectivity index (χ2n) is 7.76. The van der Waals surface area contributed by atoms with E-state index in [2.05, 4.69) is 4.90 Å². The largest absolute Gasteiger partial charge is 0.444 e. The van der Waals surface area contributed by atoms with E-state index in [-0.39, 0.29) is 6.09 Å². The van der Waals surface area contributed by atoms with Gasteiger partial charge in [0.2, 0.25) is 0 Å². The zero-order valence-corrected chi connectivity index (χ0v) is 13.9. The summed E-state index contributed by atoms with van der Waals surface area (Å²) in [5, 5.41) is 10.0. The first kappa shape index (κ1) is 16.6. The van der Waals surface area contributed by atoms with Gasteiger partial charge in [0.1, 0.15) is 5.60 Å². The van der Waals surface area contributed by atoms with E-state index in [9.17, 15) is 9.90 Å². The van der Waals surface area contributed by atoms with Crippen molar-refractivity contribution in [1.82, 2.24) is 9.80 Å². The zero-order chi connectivity index (χ0) is 15.7. The first-order valence-electron chi connectivity index (χ1n) is 8.11. The fourth-order valence-electron chi connectivity index (χ4n) is 3.12. The molecule has 5 heteroatoms. The topological polar surface area (TPSA) is 53.0 Å². The Labute approximate surface area is 128 Å². The van der Waals surface area contributed by atoms with Crippen LogP contribution in [0.2, 0.25) is 0 Å². The summed E-state index contributed by atoms with van der Waals surface area (Å²) in [4.78, 5) is 16.5. The number of carbonyl (C=O) groups excluding carboxylic acids is 1. The van der Waals surface area contributed by atoms with Gasteiger partial charge in [0.05, 0.1) is 5.60 Å². The van der Waals surface area contributed by atoms with Crippen molar-refractivity contribution in [3.05, 3.63) is 0 Å². The molecule has 2 aliphatic rings. The summed E-state index contributed by atoms with van der Waals surface area (Å²) in [6.45, 7) is 11.0. The summed E-state index contributed by atoms with van der Waals surface area (Å²) in [5.74, 6) is 0. The molecule has 0 bridgehead atoms. The van der Waals surface area contributed by atoms with Crippen molar-refractivity contribution < 1.29 is 14.6 Å². The van der Waals surface area contributed by atoms with Gasteiger partial charge in [0.25, 0.3) is 0 Å². The molecule has 0 aromatic heterocycles. The van der Waals surface area contributed by atoms with Crippen LogP contribution in [-0.4, -0.2) is 64.4 Å². The molecule has 0 aromatic rings. The van der Waals surface area contributed by atoms with Crippen molar-refractivity contribution in [1.29, 1.82) is 0 Å². The summed E-state index contributed by atoms with van der Waals surface area (Å²) in [7, 11) is 0. The first-order chi connectivity index (χ1) is 9.66. The second-order valence-corrected chi connectivity index (χ2v) is 7.76. The Hall–Kier alpha value is -0.810. The van der Waals surface area contributed by atoms with Crippen molar-refractivity contribution in [2.75, 3.05) is 26.2 Å². The van der Waals surface area contributed by atoms with E-state index < -0.39 is 11.2 Å². The molecule has 1 N–H and O–H groups in total. The van der Waals surface area contributed by atoms with Crippen LogP contribution in [0, 0.1) is 0 Å². The molecule has 2 fully saturated rings. The van der Waals surface area contributed by atoms with Gasteiger partial charge in [-0.15, -0.1) is 0 Å². The number of likely N-dealkylation sites (tertiary alicyclic amines) is 2. The smallest absolute Gasteiger partial charge is 0.410 e. The van der Waals surface area contributed by atoms with Crippen molar-refractivity contribution in [2.45, 2.75) is 70.6 Å². The van der Waals surface area contributed by atoms with Gasteiger partial charge in [-0.05, 0) is 53.4 Å². The minimum Gasteiger partial charge on any atom is -0.444 e. The van der Waals surface area contributed by atoms with Crippen LogP contribution in [0.4, 0.5) is 4.79 Å². The summed E-state index contributed by atoms with van der Waals surface area (Å²) in [6.07, 6.45) is 3.58. The molecule has 1 amide bonds. The predicted octanol–water partition coefficient (Wildman–Crippen LogP) is 2.23. The molecule has 2 saturated heterocycles. The van der Waals surface area contributed by atoms with E-state index >= 15 is 0 Å². The monoisotopic (exact) mass is 298 g/mol. The molecule has 0 aromatic carbocycles. The maximum Gasteiger partial charge on any atom is 0.410 e. The fraction of sp³-hybridized carbons (Fsp3) is 0.938. The SMILES string of the molecule is CC1(O)CCN(C2CCCN(C(=O)OC(C)(C)C)C2)CC1. The Morgan fingerprint density at radius 1 is 1.24 bits per heavy atom. The van der Waals surface area contributed by atoms with Gasteiger partial charge in [0, 0.05) is 32.2 Å². The molecule has 2 heterocycles. The van der Waals surface area contributed by atoms with Gasteiger partial charge in [-0.2, -0.15) is 0 Å². The molecule has 0 radical (unpaired) electrons. The van der Waals surface area contributed by atoms with Crippen LogP contribution in [0.3, 0.4) is 0 Å². The van der Waals surface area contributed by atoms with E-state index in [0.717, 1.165) is 51.9 Å². The number of hydrogen-bond acceptors (Lipinski definition) is 4. The summed E-state index contributed by atoms with van der Waals surface area (Å²) in [6, 6.07) is 0.405. The number of nitrogens with zero attached hydrogens (tertiary/aromatic N) is 2. The van der Waals surface area contributed by atoms with Crippen LogP contribution in [0.1, 0.15) is 53.4 Å². The van der Waals surface area contributed by atoms with Crippen molar-refractivity contribution >= 4 is 6.09 Å². The number of ether oxygens (including phenoxy) is 1. The number of amides is 1. The lowest BCUT2D eigenvalue weighted by molar-refractivity contribution is -0.0306. The minimum absolute atomic E-state index is 0.198. The van der Waals surface area contributed by atoms with Gasteiger partial charge in [-0.25, -0.2) is 4.79 Å². The van der Waals surface area contributed by atoms with Crippen LogP contribution in [0.5, 0.6) is 0 Å². The van der Waals surface area contributed by atoms with Gasteiger partial charge >= 0.3 is 6.09 Å². The van der Waals surface area contributed by atoms with Crippen LogP contribution >= 0.6 is 0 Å². The number of hydrogen-bond donors (Lipinski definition) is 1. The van der Waals surface area contributed by atoms with Gasteiger partial charge in [-0.3, -0.25) is 4.90 Å². The third kappa shape index (κ3) is 4.85. The molecule has 1 unspecified atom stereocenters. The van der Waals surface area contributed by atoms with E-state index in [1.54, 1.807) is 0 Å². The molecule has 2 aliphatic heterocycles. The molecule has 5 nitrogen and oxygen atoms in total. The predicted molar refractivity (Wildman–Crippen MR) is 82.3 cm³/mol. The maximum atomic E-state index is 12.2. The Balaban J connectivity index is 1.88. The third-order valence-electron chi connectivity index (χ3n) is 4.44. The average molecular weight is 298 g/mol. The summed E-state index contributed by atoms with van der Waals surface area (Å²) >= 11 is 0. The number of rotatable bonds is 1. The summed E-state index contributed by atoms with van der Waals surface area (Å²) in [5.41, 5.74) is -0.954. The molecule has 1 atom stereocenters. The lowest BCUT2D eigenvalue weighted by Crippen LogP contribution is -2.54.